The summed E-state index contributed by atoms with van der Waals surface area (Å²) < 4.78 is 238. The number of hydrogen-bond donors (Lipinski definition) is 4. The van der Waals surface area contributed by atoms with Crippen molar-refractivity contribution in [3.05, 3.63) is 330 Å². The Morgan fingerprint density at radius 2 is 0.693 bits per heavy atom. The molecule has 4 fully saturated rings. The summed E-state index contributed by atoms with van der Waals surface area (Å²) in [6, 6.07) is 82.4. The van der Waals surface area contributed by atoms with E-state index in [9.17, 15) is 67.3 Å². The normalized spacial score (nSPS) is 15.7. The standard InChI is InChI=1S/C25H23N3O5S2.2C24H20ClN3O5S2.C23H19ClN4O5S2/c1-18-6-8-20(16-23(18)25-13-7-19-4-2-3-5-24(19)26-25)27-35(31,32)22-11-9-21(10-12-22)28-14-15-33-17-34(28,29)30;25-21-15-20(28-12-13-33-16-34(28,29)30)9-11-24(21)35(31,32)27-19-6-3-5-18(14-19)23-10-8-17-4-1-2-7-22(17)26-23;25-22-15-20(28-12-13-33-16-34(28,29)30)8-9-23(22)35(31,32)27-19-6-3-5-18(14-19)24-21-7-2-1-4-17(21)10-11-26-24;24-20-13-19(28-10-11-33-15-34(28,29)30)5-7-23(20)35(31,32)27-18-3-1-2-16(12-18)21-6-4-17-14-25-9-8-22(17)26-21/h2-13,16,27H,14-15,17H2,1H3;2*1-11,14-15,27H,12-13,16H2;1-9,12-14,27H,10-11,15H2. The fraction of sp³-hybridized carbons (Fsp3) is 0.135. The van der Waals surface area contributed by atoms with Crippen molar-refractivity contribution in [1.29, 1.82) is 0 Å². The number of para-hydroxylation sites is 2. The minimum atomic E-state index is -4.06. The van der Waals surface area contributed by atoms with E-state index in [1.807, 2.05) is 146 Å². The van der Waals surface area contributed by atoms with Crippen molar-refractivity contribution in [3.63, 3.8) is 0 Å². The molecule has 4 aliphatic heterocycles. The summed E-state index contributed by atoms with van der Waals surface area (Å²) in [4.78, 5) is 22.1. The first kappa shape index (κ1) is 98.5. The Balaban J connectivity index is 0.000000129. The monoisotopic (exact) mass is 2100 g/mol. The summed E-state index contributed by atoms with van der Waals surface area (Å²) in [5, 5.41) is 4.63. The Labute approximate surface area is 822 Å². The van der Waals surface area contributed by atoms with Crippen LogP contribution >= 0.6 is 34.8 Å². The van der Waals surface area contributed by atoms with Gasteiger partial charge in [0.15, 0.2) is 23.8 Å². The molecule has 20 rings (SSSR count). The predicted octanol–water partition coefficient (Wildman–Crippen LogP) is 17.0. The second-order valence-corrected chi connectivity index (χ2v) is 47.0. The number of benzene rings is 11. The summed E-state index contributed by atoms with van der Waals surface area (Å²) in [5.74, 6) is -1.70. The van der Waals surface area contributed by atoms with Crippen LogP contribution in [0, 0.1) is 6.92 Å². The second kappa shape index (κ2) is 41.0. The van der Waals surface area contributed by atoms with Gasteiger partial charge >= 0.3 is 0 Å². The van der Waals surface area contributed by atoms with Crippen LogP contribution in [0.25, 0.3) is 88.5 Å². The number of anilines is 8. The van der Waals surface area contributed by atoms with Crippen molar-refractivity contribution in [2.75, 3.05) is 112 Å². The minimum Gasteiger partial charge on any atom is -0.362 e. The molecule has 9 heterocycles. The van der Waals surface area contributed by atoms with Crippen molar-refractivity contribution < 1.29 is 86.3 Å². The molecule has 720 valence electrons. The van der Waals surface area contributed by atoms with Gasteiger partial charge in [-0.15, -0.1) is 0 Å². The van der Waals surface area contributed by atoms with Crippen molar-refractivity contribution >= 4 is 204 Å². The largest absolute Gasteiger partial charge is 0.362 e. The van der Waals surface area contributed by atoms with Crippen LogP contribution in [0.3, 0.4) is 0 Å². The molecule has 4 aliphatic rings. The highest BCUT2D eigenvalue weighted by Gasteiger charge is 2.34. The van der Waals surface area contributed by atoms with Crippen LogP contribution in [0.2, 0.25) is 15.1 Å². The van der Waals surface area contributed by atoms with Gasteiger partial charge in [0.1, 0.15) is 14.7 Å². The first-order chi connectivity index (χ1) is 66.9. The van der Waals surface area contributed by atoms with Crippen molar-refractivity contribution in [2.45, 2.75) is 26.5 Å². The summed E-state index contributed by atoms with van der Waals surface area (Å²) in [7, 11) is -30.6. The number of aryl methyl sites for hydroxylation is 1. The zero-order valence-electron chi connectivity index (χ0n) is 73.5. The first-order valence-electron chi connectivity index (χ1n) is 42.5. The molecule has 44 heteroatoms. The summed E-state index contributed by atoms with van der Waals surface area (Å²) >= 11 is 18.9. The van der Waals surface area contributed by atoms with Gasteiger partial charge in [0.25, 0.3) is 80.2 Å². The highest BCUT2D eigenvalue weighted by atomic mass is 35.5. The van der Waals surface area contributed by atoms with E-state index < -0.39 is 104 Å². The fourth-order valence-corrected chi connectivity index (χ4v) is 26.3. The zero-order chi connectivity index (χ0) is 98.5. The fourth-order valence-electron chi connectivity index (χ4n) is 15.5. The number of halogens is 3. The number of nitrogens with one attached hydrogen (secondary N) is 4. The van der Waals surface area contributed by atoms with Gasteiger partial charge in [-0.25, -0.2) is 82.3 Å². The minimum absolute atomic E-state index is 0.0258. The smallest absolute Gasteiger partial charge is 0.263 e. The lowest BCUT2D eigenvalue weighted by molar-refractivity contribution is 0.175. The third kappa shape index (κ3) is 22.5. The number of pyridine rings is 5. The van der Waals surface area contributed by atoms with Gasteiger partial charge in [-0.1, -0.05) is 150 Å². The zero-order valence-corrected chi connectivity index (χ0v) is 82.3. The number of rotatable bonds is 20. The Hall–Kier alpha value is -13.1. The molecule has 0 atom stereocenters. The Kier molecular flexibility index (Phi) is 28.9. The molecule has 0 unspecified atom stereocenters. The molecule has 4 N–H and O–H groups in total. The van der Waals surface area contributed by atoms with E-state index >= 15 is 0 Å². The van der Waals surface area contributed by atoms with E-state index in [1.54, 1.807) is 91.4 Å². The van der Waals surface area contributed by atoms with Crippen LogP contribution in [0.15, 0.2) is 329 Å². The lowest BCUT2D eigenvalue weighted by Gasteiger charge is -2.28. The van der Waals surface area contributed by atoms with Crippen LogP contribution in [0.1, 0.15) is 5.56 Å². The van der Waals surface area contributed by atoms with Crippen molar-refractivity contribution in [3.8, 4) is 45.0 Å². The van der Waals surface area contributed by atoms with Gasteiger partial charge in [-0.05, 0) is 194 Å². The van der Waals surface area contributed by atoms with Crippen LogP contribution in [-0.4, -0.2) is 169 Å². The molecular formula is C96H82Cl3N13O20S8. The molecule has 0 radical (unpaired) electrons. The number of hydrogen-bond acceptors (Lipinski definition) is 25. The number of ether oxygens (including phenoxy) is 4. The number of sulfonamides is 8. The van der Waals surface area contributed by atoms with E-state index in [2.05, 4.69) is 38.8 Å². The molecule has 5 aromatic heterocycles. The molecule has 11 aromatic carbocycles. The SMILES string of the molecule is Cc1ccc(NS(=O)(=O)c2ccc(N3CCOCS3(=O)=O)cc2)cc1-c1ccc2ccccc2n1.O=S(=O)(Nc1cccc(-c2ccc3ccccc3n2)c1)c1ccc(N2CCOCS2(=O)=O)cc1Cl.O=S(=O)(Nc1cccc(-c2ccc3cnccc3n2)c1)c1ccc(N2CCOCS2(=O)=O)cc1Cl.O=S(=O)(Nc1cccc(-c2nccc3ccccc23)c1)c1ccc(N2CCOCS2(=O)=O)cc1Cl. The third-order valence-corrected chi connectivity index (χ3v) is 35.4. The first-order valence-corrected chi connectivity index (χ1v) is 56.0. The maximum absolute atomic E-state index is 13.1. The maximum Gasteiger partial charge on any atom is 0.263 e. The van der Waals surface area contributed by atoms with Crippen LogP contribution < -0.4 is 36.1 Å². The quantitative estimate of drug-likeness (QED) is 0.0550. The molecule has 0 amide bonds. The van der Waals surface area contributed by atoms with Gasteiger partial charge in [0, 0.05) is 85.1 Å². The summed E-state index contributed by atoms with van der Waals surface area (Å²) in [6.45, 7) is 3.48. The molecule has 16 aromatic rings. The second-order valence-electron chi connectivity index (χ2n) is 31.8. The predicted molar refractivity (Wildman–Crippen MR) is 544 cm³/mol. The van der Waals surface area contributed by atoms with Gasteiger partial charge in [-0.3, -0.25) is 46.1 Å². The highest BCUT2D eigenvalue weighted by molar-refractivity contribution is 7.95. The van der Waals surface area contributed by atoms with Crippen LogP contribution in [0.4, 0.5) is 45.5 Å². The topological polar surface area (TPSA) is 436 Å². The lowest BCUT2D eigenvalue weighted by Crippen LogP contribution is -2.41. The maximum atomic E-state index is 13.1. The average Bonchev–Trinajstić information content (AvgIpc) is 0.803. The van der Waals surface area contributed by atoms with E-state index in [4.69, 9.17) is 58.7 Å². The third-order valence-electron chi connectivity index (χ3n) is 22.3. The molecule has 4 saturated heterocycles. The van der Waals surface area contributed by atoms with Crippen LogP contribution in [0.5, 0.6) is 0 Å². The Morgan fingerprint density at radius 1 is 0.321 bits per heavy atom. The van der Waals surface area contributed by atoms with E-state index in [-0.39, 0.29) is 104 Å². The highest BCUT2D eigenvalue weighted by Crippen LogP contribution is 2.39. The van der Waals surface area contributed by atoms with E-state index in [0.29, 0.717) is 39.8 Å². The van der Waals surface area contributed by atoms with E-state index in [1.165, 1.54) is 83.2 Å². The number of fused-ring (bicyclic) bond motifs is 4. The molecule has 0 bridgehead atoms. The number of aromatic nitrogens is 5. The van der Waals surface area contributed by atoms with Gasteiger partial charge in [-0.2, -0.15) is 0 Å². The summed E-state index contributed by atoms with van der Waals surface area (Å²) in [5.41, 5.74) is 12.0. The molecule has 0 spiro atoms. The van der Waals surface area contributed by atoms with Crippen molar-refractivity contribution in [2.24, 2.45) is 0 Å². The molecule has 33 nitrogen and oxygen atoms in total. The van der Waals surface area contributed by atoms with E-state index in [0.717, 1.165) is 95.6 Å². The molecule has 0 saturated carbocycles. The molecule has 140 heavy (non-hydrogen) atoms. The average molecular weight is 2100 g/mol. The molecule has 0 aliphatic carbocycles. The molecular weight excluding hydrogens is 2020 g/mol. The van der Waals surface area contributed by atoms with Crippen molar-refractivity contribution in [1.82, 2.24) is 24.9 Å². The Bertz CT molecular complexity index is 8260. The van der Waals surface area contributed by atoms with Gasteiger partial charge < -0.3 is 18.9 Å². The summed E-state index contributed by atoms with van der Waals surface area (Å²) in [6.07, 6.45) is 5.10. The van der Waals surface area contributed by atoms with Crippen LogP contribution in [-0.2, 0) is 99.1 Å². The number of nitrogens with zero attached hydrogens (tertiary/aromatic N) is 9. The Morgan fingerprint density at radius 3 is 1.14 bits per heavy atom. The lowest BCUT2D eigenvalue weighted by atomic mass is 10.0. The van der Waals surface area contributed by atoms with Gasteiger partial charge in [0.2, 0.25) is 0 Å². The van der Waals surface area contributed by atoms with Gasteiger partial charge in [0.05, 0.1) is 135 Å².